The van der Waals surface area contributed by atoms with Crippen molar-refractivity contribution >= 4 is 23.3 Å². The first-order valence-corrected chi connectivity index (χ1v) is 8.93. The van der Waals surface area contributed by atoms with E-state index in [2.05, 4.69) is 9.97 Å². The molecule has 0 atom stereocenters. The Kier molecular flexibility index (Phi) is 4.15. The lowest BCUT2D eigenvalue weighted by Gasteiger charge is -2.44. The Morgan fingerprint density at radius 2 is 2.04 bits per heavy atom. The van der Waals surface area contributed by atoms with Crippen molar-refractivity contribution < 1.29 is 14.3 Å². The molecule has 26 heavy (non-hydrogen) atoms. The number of carbonyl (C=O) groups excluding carboxylic acids is 2. The fourth-order valence-electron chi connectivity index (χ4n) is 3.68. The summed E-state index contributed by atoms with van der Waals surface area (Å²) in [6.45, 7) is 2.93. The molecular weight excluding hydrogens is 354 g/mol. The van der Waals surface area contributed by atoms with Crippen LogP contribution >= 0.6 is 11.6 Å². The van der Waals surface area contributed by atoms with Crippen molar-refractivity contribution in [3.8, 4) is 5.75 Å². The van der Waals surface area contributed by atoms with Gasteiger partial charge in [-0.2, -0.15) is 0 Å². The summed E-state index contributed by atoms with van der Waals surface area (Å²) >= 11 is 6.07. The highest BCUT2D eigenvalue weighted by Gasteiger charge is 2.44. The zero-order valence-electron chi connectivity index (χ0n) is 14.4. The number of carbonyl (C=O) groups is 2. The maximum Gasteiger partial charge on any atom is 0.274 e. The number of rotatable bonds is 1. The summed E-state index contributed by atoms with van der Waals surface area (Å²) in [5, 5.41) is 0.540. The van der Waals surface area contributed by atoms with Gasteiger partial charge in [-0.1, -0.05) is 11.6 Å². The number of hydrogen-bond acceptors (Lipinski definition) is 5. The number of halogens is 1. The van der Waals surface area contributed by atoms with E-state index >= 15 is 0 Å². The summed E-state index contributed by atoms with van der Waals surface area (Å²) < 4.78 is 6.30. The number of nitrogens with zero attached hydrogens (tertiary/aromatic N) is 3. The Bertz CT molecular complexity index is 877. The van der Waals surface area contributed by atoms with Crippen LogP contribution in [-0.4, -0.2) is 45.2 Å². The smallest absolute Gasteiger partial charge is 0.274 e. The van der Waals surface area contributed by atoms with Gasteiger partial charge in [-0.15, -0.1) is 0 Å². The predicted molar refractivity (Wildman–Crippen MR) is 95.7 cm³/mol. The first-order valence-electron chi connectivity index (χ1n) is 8.55. The predicted octanol–water partition coefficient (Wildman–Crippen LogP) is 3.08. The molecule has 2 aliphatic heterocycles. The second-order valence-electron chi connectivity index (χ2n) is 6.87. The molecule has 0 unspecified atom stereocenters. The van der Waals surface area contributed by atoms with Crippen LogP contribution in [0.1, 0.15) is 45.7 Å². The molecule has 6 nitrogen and oxygen atoms in total. The van der Waals surface area contributed by atoms with E-state index in [1.165, 1.54) is 18.6 Å². The summed E-state index contributed by atoms with van der Waals surface area (Å²) in [6.07, 6.45) is 6.03. The molecule has 0 radical (unpaired) electrons. The summed E-state index contributed by atoms with van der Waals surface area (Å²) in [5.41, 5.74) is 1.19. The number of ketones is 1. The van der Waals surface area contributed by atoms with Crippen molar-refractivity contribution in [1.29, 1.82) is 0 Å². The van der Waals surface area contributed by atoms with Gasteiger partial charge in [-0.25, -0.2) is 4.98 Å². The van der Waals surface area contributed by atoms with Crippen LogP contribution in [0.15, 0.2) is 30.7 Å². The van der Waals surface area contributed by atoms with Crippen molar-refractivity contribution in [3.05, 3.63) is 52.6 Å². The van der Waals surface area contributed by atoms with Crippen LogP contribution in [0.2, 0.25) is 5.02 Å². The van der Waals surface area contributed by atoms with Crippen LogP contribution in [0.25, 0.3) is 0 Å². The highest BCUT2D eigenvalue weighted by Crippen LogP contribution is 2.42. The molecule has 1 aromatic heterocycles. The summed E-state index contributed by atoms with van der Waals surface area (Å²) in [5.74, 6) is 0.531. The van der Waals surface area contributed by atoms with Crippen LogP contribution in [0.5, 0.6) is 5.75 Å². The van der Waals surface area contributed by atoms with Crippen LogP contribution < -0.4 is 4.74 Å². The van der Waals surface area contributed by atoms with Gasteiger partial charge in [0.2, 0.25) is 0 Å². The molecule has 0 N–H and O–H groups in total. The van der Waals surface area contributed by atoms with E-state index in [0.717, 1.165) is 5.56 Å². The summed E-state index contributed by atoms with van der Waals surface area (Å²) in [6, 6.07) is 3.48. The zero-order chi connectivity index (χ0) is 18.3. The molecule has 1 spiro atoms. The SMILES string of the molecule is Cc1cc(Cl)cc2c1OC1(CCN(C(=O)c3cnccn3)CC1)CC2=O. The van der Waals surface area contributed by atoms with E-state index in [1.54, 1.807) is 17.0 Å². The quantitative estimate of drug-likeness (QED) is 0.770. The van der Waals surface area contributed by atoms with E-state index in [9.17, 15) is 9.59 Å². The lowest BCUT2D eigenvalue weighted by atomic mass is 9.82. The number of benzene rings is 1. The molecule has 2 aromatic rings. The van der Waals surface area contributed by atoms with Gasteiger partial charge in [0, 0.05) is 43.3 Å². The van der Waals surface area contributed by atoms with Crippen molar-refractivity contribution in [2.24, 2.45) is 0 Å². The molecule has 0 bridgehead atoms. The molecule has 1 aromatic carbocycles. The molecule has 3 heterocycles. The average Bonchev–Trinajstić information content (AvgIpc) is 2.64. The maximum atomic E-state index is 12.7. The van der Waals surface area contributed by atoms with Crippen LogP contribution in [0.3, 0.4) is 0 Å². The van der Waals surface area contributed by atoms with E-state index in [4.69, 9.17) is 16.3 Å². The molecule has 4 rings (SSSR count). The number of ether oxygens (including phenoxy) is 1. The number of hydrogen-bond donors (Lipinski definition) is 0. The van der Waals surface area contributed by atoms with Gasteiger partial charge >= 0.3 is 0 Å². The summed E-state index contributed by atoms with van der Waals surface area (Å²) in [4.78, 5) is 34.9. The Hall–Kier alpha value is -2.47. The second kappa shape index (κ2) is 6.36. The highest BCUT2D eigenvalue weighted by molar-refractivity contribution is 6.31. The van der Waals surface area contributed by atoms with Crippen LogP contribution in [0, 0.1) is 6.92 Å². The van der Waals surface area contributed by atoms with Crippen molar-refractivity contribution in [2.45, 2.75) is 31.8 Å². The second-order valence-corrected chi connectivity index (χ2v) is 7.30. The molecule has 2 aliphatic rings. The Balaban J connectivity index is 1.52. The molecular formula is C19H18ClN3O3. The molecule has 0 saturated carbocycles. The number of aromatic nitrogens is 2. The number of aryl methyl sites for hydroxylation is 1. The standard InChI is InChI=1S/C19H18ClN3O3/c1-12-8-13(20)9-14-16(24)10-19(26-17(12)14)2-6-23(7-3-19)18(25)15-11-21-4-5-22-15/h4-5,8-9,11H,2-3,6-7,10H2,1H3. The number of piperidine rings is 1. The minimum atomic E-state index is -0.554. The van der Waals surface area contributed by atoms with Crippen molar-refractivity contribution in [1.82, 2.24) is 14.9 Å². The zero-order valence-corrected chi connectivity index (χ0v) is 15.1. The van der Waals surface area contributed by atoms with Crippen molar-refractivity contribution in [2.75, 3.05) is 13.1 Å². The van der Waals surface area contributed by atoms with E-state index in [-0.39, 0.29) is 11.7 Å². The van der Waals surface area contributed by atoms with Crippen molar-refractivity contribution in [3.63, 3.8) is 0 Å². The molecule has 134 valence electrons. The molecule has 1 amide bonds. The lowest BCUT2D eigenvalue weighted by molar-refractivity contribution is -0.00631. The van der Waals surface area contributed by atoms with Gasteiger partial charge < -0.3 is 9.64 Å². The normalized spacial score (nSPS) is 18.4. The lowest BCUT2D eigenvalue weighted by Crippen LogP contribution is -2.52. The molecule has 1 saturated heterocycles. The third kappa shape index (κ3) is 2.94. The monoisotopic (exact) mass is 371 g/mol. The Morgan fingerprint density at radius 3 is 2.73 bits per heavy atom. The number of likely N-dealkylation sites (tertiary alicyclic amines) is 1. The highest BCUT2D eigenvalue weighted by atomic mass is 35.5. The van der Waals surface area contributed by atoms with Gasteiger partial charge in [0.05, 0.1) is 18.2 Å². The van der Waals surface area contributed by atoms with Gasteiger partial charge in [0.25, 0.3) is 5.91 Å². The molecule has 1 fully saturated rings. The third-order valence-electron chi connectivity index (χ3n) is 5.09. The van der Waals surface area contributed by atoms with Crippen LogP contribution in [0.4, 0.5) is 0 Å². The Morgan fingerprint density at radius 1 is 1.27 bits per heavy atom. The maximum absolute atomic E-state index is 12.7. The van der Waals surface area contributed by atoms with Crippen LogP contribution in [-0.2, 0) is 0 Å². The van der Waals surface area contributed by atoms with Gasteiger partial charge in [0.15, 0.2) is 5.78 Å². The number of fused-ring (bicyclic) bond motifs is 1. The fourth-order valence-corrected chi connectivity index (χ4v) is 3.95. The van der Waals surface area contributed by atoms with Gasteiger partial charge in [-0.05, 0) is 24.6 Å². The third-order valence-corrected chi connectivity index (χ3v) is 5.30. The fraction of sp³-hybridized carbons (Fsp3) is 0.368. The van der Waals surface area contributed by atoms with Gasteiger partial charge in [0.1, 0.15) is 17.0 Å². The van der Waals surface area contributed by atoms with E-state index in [1.807, 2.05) is 6.92 Å². The largest absolute Gasteiger partial charge is 0.486 e. The topological polar surface area (TPSA) is 72.4 Å². The number of amides is 1. The minimum Gasteiger partial charge on any atom is -0.486 e. The number of Topliss-reactive ketones (excluding diaryl/α,β-unsaturated/α-hetero) is 1. The molecule has 7 heteroatoms. The van der Waals surface area contributed by atoms with E-state index in [0.29, 0.717) is 54.4 Å². The van der Waals surface area contributed by atoms with Gasteiger partial charge in [-0.3, -0.25) is 14.6 Å². The Labute approximate surface area is 156 Å². The minimum absolute atomic E-state index is 0.0468. The first-order chi connectivity index (χ1) is 12.5. The summed E-state index contributed by atoms with van der Waals surface area (Å²) in [7, 11) is 0. The first kappa shape index (κ1) is 17.0. The van der Waals surface area contributed by atoms with E-state index < -0.39 is 5.60 Å². The average molecular weight is 372 g/mol. The molecule has 0 aliphatic carbocycles.